The number of aryl methyl sites for hydroxylation is 1. The number of anilines is 1. The number of carbonyl (C=O) groups is 1. The molecule has 1 saturated heterocycles. The van der Waals surface area contributed by atoms with Gasteiger partial charge < -0.3 is 10.1 Å². The van der Waals surface area contributed by atoms with E-state index in [1.165, 1.54) is 11.3 Å². The first kappa shape index (κ1) is 21.1. The van der Waals surface area contributed by atoms with Crippen LogP contribution in [0.3, 0.4) is 0 Å². The van der Waals surface area contributed by atoms with Gasteiger partial charge in [-0.3, -0.25) is 9.00 Å². The Bertz CT molecular complexity index is 871. The van der Waals surface area contributed by atoms with Gasteiger partial charge in [-0.25, -0.2) is 4.98 Å². The van der Waals surface area contributed by atoms with Crippen LogP contribution in [0.5, 0.6) is 0 Å². The zero-order valence-electron chi connectivity index (χ0n) is 17.0. The van der Waals surface area contributed by atoms with Gasteiger partial charge in [-0.05, 0) is 45.8 Å². The van der Waals surface area contributed by atoms with Gasteiger partial charge in [0.05, 0.1) is 10.4 Å². The molecule has 0 atom stereocenters. The zero-order chi connectivity index (χ0) is 20.4. The summed E-state index contributed by atoms with van der Waals surface area (Å²) < 4.78 is 18.0. The third kappa shape index (κ3) is 4.53. The Kier molecular flexibility index (Phi) is 6.37. The predicted molar refractivity (Wildman–Crippen MR) is 119 cm³/mol. The van der Waals surface area contributed by atoms with E-state index in [1.807, 2.05) is 37.3 Å². The number of amides is 1. The molecule has 3 rings (SSSR count). The second kappa shape index (κ2) is 8.43. The highest BCUT2D eigenvalue weighted by atomic mass is 32.2. The van der Waals surface area contributed by atoms with Crippen LogP contribution >= 0.6 is 11.3 Å². The van der Waals surface area contributed by atoms with E-state index in [2.05, 4.69) is 10.3 Å². The van der Waals surface area contributed by atoms with Crippen molar-refractivity contribution in [3.8, 4) is 11.3 Å². The van der Waals surface area contributed by atoms with E-state index in [9.17, 15) is 9.00 Å². The van der Waals surface area contributed by atoms with Crippen molar-refractivity contribution in [2.45, 2.75) is 38.4 Å². The van der Waals surface area contributed by atoms with E-state index >= 15 is 0 Å². The molecule has 0 radical (unpaired) electrons. The summed E-state index contributed by atoms with van der Waals surface area (Å²) in [6.45, 7) is 7.02. The predicted octanol–water partition coefficient (Wildman–Crippen LogP) is 3.91. The van der Waals surface area contributed by atoms with Gasteiger partial charge in [0, 0.05) is 29.4 Å². The molecule has 1 aromatic heterocycles. The molecule has 1 N–H and O–H groups in total. The molecule has 0 saturated carbocycles. The average Bonchev–Trinajstić information content (AvgIpc) is 3.03. The van der Waals surface area contributed by atoms with Gasteiger partial charge >= 0.3 is 0 Å². The van der Waals surface area contributed by atoms with E-state index in [1.54, 1.807) is 20.1 Å². The molecule has 7 heteroatoms. The van der Waals surface area contributed by atoms with Gasteiger partial charge in [-0.2, -0.15) is 0 Å². The Morgan fingerprint density at radius 2 is 1.93 bits per heavy atom. The van der Waals surface area contributed by atoms with Crippen LogP contribution in [0.25, 0.3) is 11.3 Å². The molecule has 0 unspecified atom stereocenters. The second-order valence-corrected chi connectivity index (χ2v) is 13.0. The number of benzene rings is 1. The number of rotatable bonds is 6. The summed E-state index contributed by atoms with van der Waals surface area (Å²) in [5.41, 5.74) is 1.90. The third-order valence-electron chi connectivity index (χ3n) is 5.75. The van der Waals surface area contributed by atoms with E-state index in [0.29, 0.717) is 16.8 Å². The van der Waals surface area contributed by atoms with E-state index < -0.39 is 14.7 Å². The number of thiazole rings is 1. The average molecular weight is 423 g/mol. The first-order valence-corrected chi connectivity index (χ1v) is 12.8. The fourth-order valence-electron chi connectivity index (χ4n) is 3.43. The van der Waals surface area contributed by atoms with Crippen LogP contribution in [0.4, 0.5) is 5.13 Å². The van der Waals surface area contributed by atoms with Crippen molar-refractivity contribution in [2.75, 3.05) is 30.5 Å². The fraction of sp³-hybridized carbons (Fsp3) is 0.524. The quantitative estimate of drug-likeness (QED) is 0.693. The Morgan fingerprint density at radius 1 is 1.29 bits per heavy atom. The van der Waals surface area contributed by atoms with Gasteiger partial charge in [-0.1, -0.05) is 40.3 Å². The van der Waals surface area contributed by atoms with Crippen molar-refractivity contribution in [2.24, 2.45) is 5.92 Å². The third-order valence-corrected chi connectivity index (χ3v) is 10.4. The standard InChI is InChI=1S/C21H30N2O3S2/c1-15-18(17-8-6-5-7-9-17)22-20(27-15)23-19(24)21(2,3)28(4,25)14-16-10-12-26-13-11-16/h5-9,16,28H,10-14H2,1-4H3,(H,22,23,24). The highest BCUT2D eigenvalue weighted by Crippen LogP contribution is 2.33. The molecule has 154 valence electrons. The Balaban J connectivity index is 1.73. The molecule has 1 aliphatic rings. The Hall–Kier alpha value is -1.57. The smallest absolute Gasteiger partial charge is 0.242 e. The molecule has 1 fully saturated rings. The van der Waals surface area contributed by atoms with Gasteiger partial charge in [0.25, 0.3) is 0 Å². The lowest BCUT2D eigenvalue weighted by atomic mass is 10.0. The monoisotopic (exact) mass is 422 g/mol. The van der Waals surface area contributed by atoms with E-state index in [4.69, 9.17) is 4.74 Å². The molecule has 1 amide bonds. The maximum Gasteiger partial charge on any atom is 0.242 e. The molecule has 1 aromatic carbocycles. The molecule has 28 heavy (non-hydrogen) atoms. The number of nitrogens with zero attached hydrogens (tertiary/aromatic N) is 1. The van der Waals surface area contributed by atoms with Crippen molar-refractivity contribution >= 4 is 32.3 Å². The fourth-order valence-corrected chi connectivity index (χ4v) is 6.55. The SMILES string of the molecule is Cc1sc(NC(=O)C(C)(C)[SH](C)(=O)CC2CCOCC2)nc1-c1ccccc1. The number of hydrogen-bond donors (Lipinski definition) is 2. The number of thiol groups is 1. The molecule has 2 aromatic rings. The highest BCUT2D eigenvalue weighted by molar-refractivity contribution is 8.04. The molecule has 0 bridgehead atoms. The van der Waals surface area contributed by atoms with Gasteiger partial charge in [0.2, 0.25) is 5.91 Å². The van der Waals surface area contributed by atoms with Crippen LogP contribution in [0.15, 0.2) is 30.3 Å². The topological polar surface area (TPSA) is 68.3 Å². The Morgan fingerprint density at radius 3 is 2.57 bits per heavy atom. The first-order valence-electron chi connectivity index (χ1n) is 9.69. The lowest BCUT2D eigenvalue weighted by Crippen LogP contribution is -2.50. The van der Waals surface area contributed by atoms with Gasteiger partial charge in [-0.15, -0.1) is 11.3 Å². The number of hydrogen-bond acceptors (Lipinski definition) is 5. The molecular formula is C21H30N2O3S2. The van der Waals surface area contributed by atoms with Crippen molar-refractivity contribution in [1.29, 1.82) is 0 Å². The number of aromatic nitrogens is 1. The summed E-state index contributed by atoms with van der Waals surface area (Å²) >= 11 is 1.45. The minimum atomic E-state index is -2.71. The maximum atomic E-state index is 13.5. The van der Waals surface area contributed by atoms with Crippen LogP contribution < -0.4 is 5.32 Å². The minimum Gasteiger partial charge on any atom is -0.381 e. The van der Waals surface area contributed by atoms with Crippen molar-refractivity contribution in [3.05, 3.63) is 35.2 Å². The van der Waals surface area contributed by atoms with E-state index in [-0.39, 0.29) is 5.91 Å². The molecular weight excluding hydrogens is 392 g/mol. The van der Waals surface area contributed by atoms with Crippen molar-refractivity contribution in [3.63, 3.8) is 0 Å². The summed E-state index contributed by atoms with van der Waals surface area (Å²) in [6.07, 6.45) is 3.60. The molecule has 5 nitrogen and oxygen atoms in total. The summed E-state index contributed by atoms with van der Waals surface area (Å²) in [5.74, 6) is 0.727. The second-order valence-electron chi connectivity index (χ2n) is 8.14. The molecule has 1 aliphatic heterocycles. The number of ether oxygens (including phenoxy) is 1. The van der Waals surface area contributed by atoms with Crippen LogP contribution in [0.2, 0.25) is 0 Å². The summed E-state index contributed by atoms with van der Waals surface area (Å²) in [6, 6.07) is 9.92. The van der Waals surface area contributed by atoms with Gasteiger partial charge in [0.1, 0.15) is 0 Å². The zero-order valence-corrected chi connectivity index (χ0v) is 18.7. The van der Waals surface area contributed by atoms with Gasteiger partial charge in [0.15, 0.2) is 5.13 Å². The lowest BCUT2D eigenvalue weighted by molar-refractivity contribution is -0.117. The molecule has 0 aliphatic carbocycles. The Labute approximate surface area is 172 Å². The number of nitrogens with one attached hydrogen (secondary N) is 1. The van der Waals surface area contributed by atoms with Crippen molar-refractivity contribution < 1.29 is 13.7 Å². The van der Waals surface area contributed by atoms with Crippen LogP contribution in [-0.4, -0.2) is 45.1 Å². The maximum absolute atomic E-state index is 13.5. The highest BCUT2D eigenvalue weighted by Gasteiger charge is 2.40. The molecule has 0 spiro atoms. The van der Waals surface area contributed by atoms with Crippen LogP contribution in [0, 0.1) is 12.8 Å². The summed E-state index contributed by atoms with van der Waals surface area (Å²) in [7, 11) is -2.71. The normalized spacial score (nSPS) is 16.7. The first-order chi connectivity index (χ1) is 13.2. The lowest BCUT2D eigenvalue weighted by Gasteiger charge is -2.38. The van der Waals surface area contributed by atoms with E-state index in [0.717, 1.165) is 42.2 Å². The van der Waals surface area contributed by atoms with Crippen LogP contribution in [0.1, 0.15) is 31.6 Å². The molecule has 2 heterocycles. The largest absolute Gasteiger partial charge is 0.381 e. The van der Waals surface area contributed by atoms with Crippen LogP contribution in [-0.2, 0) is 19.5 Å². The minimum absolute atomic E-state index is 0.223. The van der Waals surface area contributed by atoms with Crippen molar-refractivity contribution in [1.82, 2.24) is 4.98 Å². The number of carbonyl (C=O) groups excluding carboxylic acids is 1. The summed E-state index contributed by atoms with van der Waals surface area (Å²) in [4.78, 5) is 18.7. The summed E-state index contributed by atoms with van der Waals surface area (Å²) in [5, 5.41) is 3.48.